The Bertz CT molecular complexity index is 437. The molecule has 76 valence electrons. The van der Waals surface area contributed by atoms with Gasteiger partial charge >= 0.3 is 0 Å². The van der Waals surface area contributed by atoms with Gasteiger partial charge < -0.3 is 5.32 Å². The molecule has 0 saturated carbocycles. The molecule has 0 aliphatic rings. The Morgan fingerprint density at radius 3 is 2.07 bits per heavy atom. The molecular weight excluding hydrogens is 198 g/mol. The summed E-state index contributed by atoms with van der Waals surface area (Å²) in [6, 6.07) is 6.70. The number of nitrogens with zero attached hydrogens (tertiary/aromatic N) is 1. The predicted octanol–water partition coefficient (Wildman–Crippen LogP) is 3.10. The maximum atomic E-state index is 12.8. The summed E-state index contributed by atoms with van der Waals surface area (Å²) in [6.45, 7) is 0. The van der Waals surface area contributed by atoms with E-state index in [0.717, 1.165) is 11.8 Å². The highest BCUT2D eigenvalue weighted by Crippen LogP contribution is 2.17. The van der Waals surface area contributed by atoms with E-state index in [1.165, 1.54) is 12.1 Å². The van der Waals surface area contributed by atoms with Crippen molar-refractivity contribution in [1.82, 2.24) is 4.98 Å². The van der Waals surface area contributed by atoms with E-state index >= 15 is 0 Å². The van der Waals surface area contributed by atoms with Gasteiger partial charge in [-0.2, -0.15) is 0 Å². The average Bonchev–Trinajstić information content (AvgIpc) is 2.17. The third kappa shape index (κ3) is 2.49. The van der Waals surface area contributed by atoms with Gasteiger partial charge in [0.25, 0.3) is 0 Å². The van der Waals surface area contributed by atoms with Crippen LogP contribution in [-0.4, -0.2) is 4.98 Å². The lowest BCUT2D eigenvalue weighted by molar-refractivity contribution is 0.584. The number of aromatic nitrogens is 1. The number of rotatable bonds is 2. The van der Waals surface area contributed by atoms with Crippen LogP contribution in [0.1, 0.15) is 0 Å². The molecule has 0 atom stereocenters. The van der Waals surface area contributed by atoms with Gasteiger partial charge in [-0.15, -0.1) is 0 Å². The number of hydrogen-bond acceptors (Lipinski definition) is 2. The zero-order valence-corrected chi connectivity index (χ0v) is 7.74. The van der Waals surface area contributed by atoms with Crippen molar-refractivity contribution in [3.8, 4) is 0 Å². The third-order valence-electron chi connectivity index (χ3n) is 1.83. The van der Waals surface area contributed by atoms with Gasteiger partial charge in [-0.05, 0) is 24.3 Å². The van der Waals surface area contributed by atoms with Crippen molar-refractivity contribution in [2.75, 3.05) is 5.32 Å². The molecule has 0 aliphatic carbocycles. The highest BCUT2D eigenvalue weighted by atomic mass is 19.1. The monoisotopic (exact) mass is 206 g/mol. The second kappa shape index (κ2) is 4.04. The molecule has 2 aromatic rings. The zero-order valence-electron chi connectivity index (χ0n) is 7.74. The van der Waals surface area contributed by atoms with Crippen LogP contribution in [0.5, 0.6) is 0 Å². The van der Waals surface area contributed by atoms with Gasteiger partial charge in [0.1, 0.15) is 11.6 Å². The summed E-state index contributed by atoms with van der Waals surface area (Å²) >= 11 is 0. The van der Waals surface area contributed by atoms with E-state index in [4.69, 9.17) is 0 Å². The van der Waals surface area contributed by atoms with Crippen LogP contribution in [-0.2, 0) is 0 Å². The van der Waals surface area contributed by atoms with Crippen molar-refractivity contribution in [2.45, 2.75) is 0 Å². The molecule has 1 N–H and O–H groups in total. The Labute approximate surface area is 85.6 Å². The molecule has 4 heteroatoms. The standard InChI is InChI=1S/C11H8F2N2/c12-8-5-9(13)7-11(6-8)15-10-1-3-14-4-2-10/h1-7H,(H,14,15). The van der Waals surface area contributed by atoms with E-state index in [9.17, 15) is 8.78 Å². The quantitative estimate of drug-likeness (QED) is 0.816. The number of halogens is 2. The van der Waals surface area contributed by atoms with E-state index in [-0.39, 0.29) is 0 Å². The Hall–Kier alpha value is -1.97. The lowest BCUT2D eigenvalue weighted by Crippen LogP contribution is -1.92. The molecule has 15 heavy (non-hydrogen) atoms. The normalized spacial score (nSPS) is 10.0. The summed E-state index contributed by atoms with van der Waals surface area (Å²) in [7, 11) is 0. The lowest BCUT2D eigenvalue weighted by Gasteiger charge is -2.05. The molecule has 0 spiro atoms. The Kier molecular flexibility index (Phi) is 2.58. The predicted molar refractivity (Wildman–Crippen MR) is 53.9 cm³/mol. The highest BCUT2D eigenvalue weighted by molar-refractivity contribution is 5.58. The van der Waals surface area contributed by atoms with Crippen LogP contribution in [0.25, 0.3) is 0 Å². The molecule has 1 heterocycles. The fraction of sp³-hybridized carbons (Fsp3) is 0. The first kappa shape index (κ1) is 9.58. The Morgan fingerprint density at radius 2 is 1.47 bits per heavy atom. The fourth-order valence-corrected chi connectivity index (χ4v) is 1.23. The van der Waals surface area contributed by atoms with E-state index < -0.39 is 11.6 Å². The smallest absolute Gasteiger partial charge is 0.128 e. The van der Waals surface area contributed by atoms with Crippen LogP contribution in [0.15, 0.2) is 42.7 Å². The van der Waals surface area contributed by atoms with Crippen molar-refractivity contribution < 1.29 is 8.78 Å². The van der Waals surface area contributed by atoms with Gasteiger partial charge in [-0.25, -0.2) is 8.78 Å². The largest absolute Gasteiger partial charge is 0.355 e. The van der Waals surface area contributed by atoms with Gasteiger partial charge in [0.2, 0.25) is 0 Å². The molecule has 0 amide bonds. The third-order valence-corrected chi connectivity index (χ3v) is 1.83. The summed E-state index contributed by atoms with van der Waals surface area (Å²) in [5, 5.41) is 2.87. The molecule has 2 nitrogen and oxygen atoms in total. The minimum atomic E-state index is -0.605. The SMILES string of the molecule is Fc1cc(F)cc(Nc2ccncc2)c1. The second-order valence-electron chi connectivity index (χ2n) is 3.02. The molecule has 1 aromatic heterocycles. The van der Waals surface area contributed by atoms with Gasteiger partial charge in [-0.1, -0.05) is 0 Å². The molecule has 0 aliphatic heterocycles. The number of nitrogens with one attached hydrogen (secondary N) is 1. The van der Waals surface area contributed by atoms with Crippen LogP contribution in [0, 0.1) is 11.6 Å². The molecular formula is C11H8F2N2. The van der Waals surface area contributed by atoms with Gasteiger partial charge in [0, 0.05) is 29.8 Å². The van der Waals surface area contributed by atoms with Gasteiger partial charge in [0.05, 0.1) is 0 Å². The van der Waals surface area contributed by atoms with Crippen molar-refractivity contribution in [3.63, 3.8) is 0 Å². The Morgan fingerprint density at radius 1 is 0.867 bits per heavy atom. The lowest BCUT2D eigenvalue weighted by atomic mass is 10.3. The first-order valence-electron chi connectivity index (χ1n) is 4.37. The minimum Gasteiger partial charge on any atom is -0.355 e. The summed E-state index contributed by atoms with van der Waals surface area (Å²) in [6.07, 6.45) is 3.19. The number of pyridine rings is 1. The van der Waals surface area contributed by atoms with Crippen LogP contribution in [0.3, 0.4) is 0 Å². The van der Waals surface area contributed by atoms with Crippen LogP contribution in [0.4, 0.5) is 20.2 Å². The Balaban J connectivity index is 2.25. The molecule has 2 rings (SSSR count). The van der Waals surface area contributed by atoms with E-state index in [0.29, 0.717) is 5.69 Å². The van der Waals surface area contributed by atoms with Crippen LogP contribution in [0.2, 0.25) is 0 Å². The van der Waals surface area contributed by atoms with Crippen molar-refractivity contribution in [2.24, 2.45) is 0 Å². The van der Waals surface area contributed by atoms with Gasteiger partial charge in [0.15, 0.2) is 0 Å². The zero-order chi connectivity index (χ0) is 10.7. The summed E-state index contributed by atoms with van der Waals surface area (Å²) < 4.78 is 25.7. The van der Waals surface area contributed by atoms with E-state index in [1.54, 1.807) is 24.5 Å². The van der Waals surface area contributed by atoms with E-state index in [2.05, 4.69) is 10.3 Å². The fourth-order valence-electron chi connectivity index (χ4n) is 1.23. The summed E-state index contributed by atoms with van der Waals surface area (Å²) in [5.74, 6) is -1.21. The number of anilines is 2. The van der Waals surface area contributed by atoms with Crippen molar-refractivity contribution in [1.29, 1.82) is 0 Å². The van der Waals surface area contributed by atoms with E-state index in [1.807, 2.05) is 0 Å². The summed E-state index contributed by atoms with van der Waals surface area (Å²) in [4.78, 5) is 3.83. The molecule has 0 bridgehead atoms. The molecule has 0 saturated heterocycles. The molecule has 0 radical (unpaired) electrons. The molecule has 1 aromatic carbocycles. The van der Waals surface area contributed by atoms with Crippen molar-refractivity contribution >= 4 is 11.4 Å². The van der Waals surface area contributed by atoms with Gasteiger partial charge in [-0.3, -0.25) is 4.98 Å². The summed E-state index contributed by atoms with van der Waals surface area (Å²) in [5.41, 5.74) is 1.11. The topological polar surface area (TPSA) is 24.9 Å². The van der Waals surface area contributed by atoms with Crippen LogP contribution >= 0.6 is 0 Å². The number of benzene rings is 1. The maximum absolute atomic E-state index is 12.8. The van der Waals surface area contributed by atoms with Crippen LogP contribution < -0.4 is 5.32 Å². The maximum Gasteiger partial charge on any atom is 0.128 e. The first-order valence-corrected chi connectivity index (χ1v) is 4.37. The van der Waals surface area contributed by atoms with Crippen molar-refractivity contribution in [3.05, 3.63) is 54.4 Å². The first-order chi connectivity index (χ1) is 7.24. The molecule has 0 fully saturated rings. The molecule has 0 unspecified atom stereocenters. The number of hydrogen-bond donors (Lipinski definition) is 1. The minimum absolute atomic E-state index is 0.374. The highest BCUT2D eigenvalue weighted by Gasteiger charge is 2.00. The average molecular weight is 206 g/mol. The second-order valence-corrected chi connectivity index (χ2v) is 3.02.